The summed E-state index contributed by atoms with van der Waals surface area (Å²) in [4.78, 5) is 11.0. The Labute approximate surface area is 114 Å². The van der Waals surface area contributed by atoms with Gasteiger partial charge in [0.2, 0.25) is 0 Å². The summed E-state index contributed by atoms with van der Waals surface area (Å²) < 4.78 is 36.8. The Morgan fingerprint density at radius 1 is 1.20 bits per heavy atom. The third-order valence-corrected chi connectivity index (χ3v) is 2.74. The number of hydrogen-bond acceptors (Lipinski definition) is 3. The lowest BCUT2D eigenvalue weighted by atomic mass is 10.2. The lowest BCUT2D eigenvalue weighted by Gasteiger charge is -2.12. The molecule has 0 spiro atoms. The Kier molecular flexibility index (Phi) is 4.30. The van der Waals surface area contributed by atoms with Gasteiger partial charge in [0.05, 0.1) is 12.7 Å². The molecule has 2 aromatic rings. The molecule has 0 fully saturated rings. The summed E-state index contributed by atoms with van der Waals surface area (Å²) in [5.74, 6) is -0.754. The fraction of sp³-hybridized carbons (Fsp3) is 0.133. The van der Waals surface area contributed by atoms with Crippen LogP contribution in [0.1, 0.15) is 15.9 Å². The topological polar surface area (TPSA) is 35.5 Å². The van der Waals surface area contributed by atoms with E-state index in [2.05, 4.69) is 0 Å². The van der Waals surface area contributed by atoms with Crippen molar-refractivity contribution in [2.45, 2.75) is 6.61 Å². The minimum absolute atomic E-state index is 0.132. The van der Waals surface area contributed by atoms with Crippen LogP contribution in [0.4, 0.5) is 8.78 Å². The molecule has 20 heavy (non-hydrogen) atoms. The molecule has 0 N–H and O–H groups in total. The molecule has 104 valence electrons. The number of methoxy groups -OCH3 is 1. The van der Waals surface area contributed by atoms with Gasteiger partial charge in [-0.25, -0.2) is 8.78 Å². The highest BCUT2D eigenvalue weighted by Crippen LogP contribution is 2.30. The summed E-state index contributed by atoms with van der Waals surface area (Å²) in [7, 11) is 1.44. The SMILES string of the molecule is COc1cccc(C=O)c1OCc1ccc(F)cc1F. The zero-order valence-electron chi connectivity index (χ0n) is 10.7. The number of hydrogen-bond donors (Lipinski definition) is 0. The molecule has 2 aromatic carbocycles. The Hall–Kier alpha value is -2.43. The summed E-state index contributed by atoms with van der Waals surface area (Å²) in [6.07, 6.45) is 0.624. The maximum absolute atomic E-state index is 13.5. The predicted molar refractivity (Wildman–Crippen MR) is 69.1 cm³/mol. The molecular formula is C15H12F2O3. The smallest absolute Gasteiger partial charge is 0.172 e. The van der Waals surface area contributed by atoms with E-state index in [4.69, 9.17) is 9.47 Å². The molecule has 0 aliphatic heterocycles. The van der Waals surface area contributed by atoms with E-state index >= 15 is 0 Å². The molecule has 5 heteroatoms. The van der Waals surface area contributed by atoms with E-state index in [1.54, 1.807) is 18.2 Å². The number of benzene rings is 2. The van der Waals surface area contributed by atoms with Gasteiger partial charge in [0, 0.05) is 11.6 Å². The van der Waals surface area contributed by atoms with Crippen LogP contribution in [0.5, 0.6) is 11.5 Å². The van der Waals surface area contributed by atoms with Gasteiger partial charge in [0.25, 0.3) is 0 Å². The van der Waals surface area contributed by atoms with Crippen LogP contribution < -0.4 is 9.47 Å². The first kappa shape index (κ1) is 14.0. The molecule has 0 unspecified atom stereocenters. The fourth-order valence-electron chi connectivity index (χ4n) is 1.73. The van der Waals surface area contributed by atoms with Gasteiger partial charge in [0.1, 0.15) is 18.2 Å². The van der Waals surface area contributed by atoms with Crippen LogP contribution in [0.2, 0.25) is 0 Å². The predicted octanol–water partition coefficient (Wildman–Crippen LogP) is 3.36. The highest BCUT2D eigenvalue weighted by atomic mass is 19.1. The Balaban J connectivity index is 2.24. The van der Waals surface area contributed by atoms with E-state index in [1.165, 1.54) is 13.2 Å². The second kappa shape index (κ2) is 6.14. The van der Waals surface area contributed by atoms with Crippen molar-refractivity contribution in [3.63, 3.8) is 0 Å². The Morgan fingerprint density at radius 2 is 2.00 bits per heavy atom. The van der Waals surface area contributed by atoms with Crippen molar-refractivity contribution in [1.82, 2.24) is 0 Å². The van der Waals surface area contributed by atoms with Crippen molar-refractivity contribution in [3.05, 3.63) is 59.2 Å². The number of halogens is 2. The van der Waals surface area contributed by atoms with Crippen LogP contribution in [0.15, 0.2) is 36.4 Å². The van der Waals surface area contributed by atoms with E-state index in [-0.39, 0.29) is 17.9 Å². The summed E-state index contributed by atoms with van der Waals surface area (Å²) in [6, 6.07) is 8.05. The molecule has 2 rings (SSSR count). The highest BCUT2D eigenvalue weighted by Gasteiger charge is 2.11. The van der Waals surface area contributed by atoms with Crippen LogP contribution in [0.25, 0.3) is 0 Å². The van der Waals surface area contributed by atoms with E-state index < -0.39 is 11.6 Å². The van der Waals surface area contributed by atoms with E-state index in [9.17, 15) is 13.6 Å². The summed E-state index contributed by atoms with van der Waals surface area (Å²) in [5.41, 5.74) is 0.487. The number of carbonyl (C=O) groups excluding carboxylic acids is 1. The first-order valence-electron chi connectivity index (χ1n) is 5.84. The van der Waals surface area contributed by atoms with Crippen molar-refractivity contribution in [3.8, 4) is 11.5 Å². The van der Waals surface area contributed by atoms with Crippen LogP contribution in [-0.2, 0) is 6.61 Å². The third kappa shape index (κ3) is 2.93. The van der Waals surface area contributed by atoms with Crippen LogP contribution in [0, 0.1) is 11.6 Å². The molecule has 0 amide bonds. The number of rotatable bonds is 5. The van der Waals surface area contributed by atoms with Crippen molar-refractivity contribution in [2.75, 3.05) is 7.11 Å². The van der Waals surface area contributed by atoms with E-state index in [0.717, 1.165) is 12.1 Å². The van der Waals surface area contributed by atoms with Crippen LogP contribution in [0.3, 0.4) is 0 Å². The van der Waals surface area contributed by atoms with Crippen LogP contribution >= 0.6 is 0 Å². The molecule has 0 bridgehead atoms. The molecule has 0 radical (unpaired) electrons. The average molecular weight is 278 g/mol. The Morgan fingerprint density at radius 3 is 2.65 bits per heavy atom. The number of para-hydroxylation sites is 1. The normalized spacial score (nSPS) is 10.2. The van der Waals surface area contributed by atoms with E-state index in [1.807, 2.05) is 0 Å². The standard InChI is InChI=1S/C15H12F2O3/c1-19-14-4-2-3-10(8-18)15(14)20-9-11-5-6-12(16)7-13(11)17/h2-8H,9H2,1H3. The van der Waals surface area contributed by atoms with Gasteiger partial charge in [-0.05, 0) is 24.3 Å². The van der Waals surface area contributed by atoms with Crippen molar-refractivity contribution >= 4 is 6.29 Å². The summed E-state index contributed by atoms with van der Waals surface area (Å²) in [5, 5.41) is 0. The second-order valence-electron chi connectivity index (χ2n) is 4.02. The first-order chi connectivity index (χ1) is 9.65. The molecule has 0 saturated carbocycles. The van der Waals surface area contributed by atoms with Gasteiger partial charge >= 0.3 is 0 Å². The highest BCUT2D eigenvalue weighted by molar-refractivity contribution is 5.81. The van der Waals surface area contributed by atoms with Gasteiger partial charge in [0.15, 0.2) is 17.8 Å². The van der Waals surface area contributed by atoms with Gasteiger partial charge < -0.3 is 9.47 Å². The van der Waals surface area contributed by atoms with Crippen molar-refractivity contribution < 1.29 is 23.0 Å². The summed E-state index contributed by atoms with van der Waals surface area (Å²) in [6.45, 7) is -0.132. The molecular weight excluding hydrogens is 266 g/mol. The van der Waals surface area contributed by atoms with Crippen molar-refractivity contribution in [1.29, 1.82) is 0 Å². The zero-order chi connectivity index (χ0) is 14.5. The molecule has 3 nitrogen and oxygen atoms in total. The quantitative estimate of drug-likeness (QED) is 0.787. The van der Waals surface area contributed by atoms with Gasteiger partial charge in [-0.15, -0.1) is 0 Å². The average Bonchev–Trinajstić information content (AvgIpc) is 2.46. The largest absolute Gasteiger partial charge is 0.493 e. The maximum Gasteiger partial charge on any atom is 0.172 e. The van der Waals surface area contributed by atoms with E-state index in [0.29, 0.717) is 17.6 Å². The summed E-state index contributed by atoms with van der Waals surface area (Å²) >= 11 is 0. The first-order valence-corrected chi connectivity index (χ1v) is 5.84. The molecule has 0 heterocycles. The van der Waals surface area contributed by atoms with Gasteiger partial charge in [-0.3, -0.25) is 4.79 Å². The minimum Gasteiger partial charge on any atom is -0.493 e. The molecule has 0 saturated heterocycles. The maximum atomic E-state index is 13.5. The zero-order valence-corrected chi connectivity index (χ0v) is 10.7. The number of carbonyl (C=O) groups is 1. The minimum atomic E-state index is -0.701. The molecule has 0 aromatic heterocycles. The Bertz CT molecular complexity index is 627. The van der Waals surface area contributed by atoms with Crippen LogP contribution in [-0.4, -0.2) is 13.4 Å². The second-order valence-corrected chi connectivity index (χ2v) is 4.02. The number of aldehydes is 1. The number of ether oxygens (including phenoxy) is 2. The lowest BCUT2D eigenvalue weighted by Crippen LogP contribution is -2.02. The third-order valence-electron chi connectivity index (χ3n) is 2.74. The molecule has 0 aliphatic carbocycles. The van der Waals surface area contributed by atoms with Gasteiger partial charge in [-0.2, -0.15) is 0 Å². The monoisotopic (exact) mass is 278 g/mol. The molecule has 0 atom stereocenters. The molecule has 0 aliphatic rings. The van der Waals surface area contributed by atoms with Crippen molar-refractivity contribution in [2.24, 2.45) is 0 Å². The lowest BCUT2D eigenvalue weighted by molar-refractivity contribution is 0.111. The van der Waals surface area contributed by atoms with Gasteiger partial charge in [-0.1, -0.05) is 6.07 Å². The fourth-order valence-corrected chi connectivity index (χ4v) is 1.73.